The van der Waals surface area contributed by atoms with Crippen LogP contribution < -0.4 is 15.0 Å². The SMILES string of the molecule is CCN1CCN(CCCn2cnc3c(N4CCN(C(=O)C5CCCC5)CC4)nc(NCc4ccc(OC)cc4)nc32)CC1. The zero-order valence-electron chi connectivity index (χ0n) is 25.9. The van der Waals surface area contributed by atoms with Gasteiger partial charge in [0, 0.05) is 71.4 Å². The number of aromatic nitrogens is 4. The molecule has 1 saturated carbocycles. The number of likely N-dealkylation sites (N-methyl/N-ethyl adjacent to an activating group) is 1. The van der Waals surface area contributed by atoms with Crippen LogP contribution in [0.3, 0.4) is 0 Å². The van der Waals surface area contributed by atoms with Gasteiger partial charge in [0.25, 0.3) is 0 Å². The second-order valence-electron chi connectivity index (χ2n) is 12.1. The van der Waals surface area contributed by atoms with Crippen LogP contribution in [0.25, 0.3) is 11.2 Å². The molecule has 0 radical (unpaired) electrons. The number of nitrogens with one attached hydrogen (secondary N) is 1. The lowest BCUT2D eigenvalue weighted by atomic mass is 10.1. The normalized spacial score (nSPS) is 18.9. The summed E-state index contributed by atoms with van der Waals surface area (Å²) in [5.41, 5.74) is 2.83. The number of nitrogens with zero attached hydrogens (tertiary/aromatic N) is 8. The first-order chi connectivity index (χ1) is 21.1. The van der Waals surface area contributed by atoms with E-state index in [1.54, 1.807) is 7.11 Å². The van der Waals surface area contributed by atoms with Gasteiger partial charge in [0.1, 0.15) is 5.75 Å². The maximum absolute atomic E-state index is 13.1. The van der Waals surface area contributed by atoms with E-state index in [-0.39, 0.29) is 5.92 Å². The molecule has 3 aliphatic rings. The van der Waals surface area contributed by atoms with Gasteiger partial charge in [-0.05, 0) is 50.0 Å². The van der Waals surface area contributed by atoms with Gasteiger partial charge in [0.2, 0.25) is 11.9 Å². The van der Waals surface area contributed by atoms with Crippen LogP contribution >= 0.6 is 0 Å². The van der Waals surface area contributed by atoms with Crippen LogP contribution in [0.5, 0.6) is 5.75 Å². The minimum atomic E-state index is 0.220. The van der Waals surface area contributed by atoms with Crippen molar-refractivity contribution in [2.75, 3.05) is 82.8 Å². The third-order valence-corrected chi connectivity index (χ3v) is 9.44. The number of methoxy groups -OCH3 is 1. The van der Waals surface area contributed by atoms with E-state index in [1.165, 1.54) is 12.8 Å². The van der Waals surface area contributed by atoms with Gasteiger partial charge in [-0.3, -0.25) is 4.79 Å². The predicted molar refractivity (Wildman–Crippen MR) is 170 cm³/mol. The number of piperazine rings is 2. The fourth-order valence-corrected chi connectivity index (χ4v) is 6.68. The summed E-state index contributed by atoms with van der Waals surface area (Å²) in [5, 5.41) is 3.46. The number of anilines is 2. The molecule has 3 aromatic rings. The van der Waals surface area contributed by atoms with Crippen LogP contribution in [0.4, 0.5) is 11.8 Å². The summed E-state index contributed by atoms with van der Waals surface area (Å²) in [6, 6.07) is 8.04. The second kappa shape index (κ2) is 13.9. The number of benzene rings is 1. The van der Waals surface area contributed by atoms with Gasteiger partial charge in [0.15, 0.2) is 17.0 Å². The minimum absolute atomic E-state index is 0.220. The Kier molecular flexibility index (Phi) is 9.58. The van der Waals surface area contributed by atoms with E-state index in [2.05, 4.69) is 48.5 Å². The molecule has 232 valence electrons. The van der Waals surface area contributed by atoms with E-state index >= 15 is 0 Å². The zero-order chi connectivity index (χ0) is 29.6. The van der Waals surface area contributed by atoms with Crippen molar-refractivity contribution in [3.63, 3.8) is 0 Å². The van der Waals surface area contributed by atoms with Crippen molar-refractivity contribution in [2.45, 2.75) is 52.1 Å². The first-order valence-electron chi connectivity index (χ1n) is 16.2. The van der Waals surface area contributed by atoms with Gasteiger partial charge in [-0.2, -0.15) is 9.97 Å². The quantitative estimate of drug-likeness (QED) is 0.362. The van der Waals surface area contributed by atoms with E-state index in [0.29, 0.717) is 18.4 Å². The average molecular weight is 590 g/mol. The van der Waals surface area contributed by atoms with Gasteiger partial charge in [-0.1, -0.05) is 31.9 Å². The number of rotatable bonds is 11. The molecule has 1 aromatic carbocycles. The Balaban J connectivity index is 1.17. The smallest absolute Gasteiger partial charge is 0.227 e. The molecule has 0 atom stereocenters. The van der Waals surface area contributed by atoms with Crippen LogP contribution in [0.1, 0.15) is 44.6 Å². The standard InChI is InChI=1S/C32H47N9O2/c1-3-37-15-17-38(18-16-37)13-6-14-41-24-34-28-29(39-19-21-40(22-20-39)31(42)26-7-4-5-8-26)35-32(36-30(28)41)33-23-25-9-11-27(43-2)12-10-25/h9-12,24,26H,3-8,13-23H2,1-2H3,(H,33,35,36). The molecule has 3 fully saturated rings. The molecule has 2 aliphatic heterocycles. The lowest BCUT2D eigenvalue weighted by Gasteiger charge is -2.36. The van der Waals surface area contributed by atoms with Gasteiger partial charge >= 0.3 is 0 Å². The molecule has 11 nitrogen and oxygen atoms in total. The Labute approximate surface area is 255 Å². The second-order valence-corrected chi connectivity index (χ2v) is 12.1. The highest BCUT2D eigenvalue weighted by Gasteiger charge is 2.30. The van der Waals surface area contributed by atoms with Crippen LogP contribution in [-0.4, -0.2) is 113 Å². The maximum Gasteiger partial charge on any atom is 0.227 e. The number of fused-ring (bicyclic) bond motifs is 1. The Hall–Kier alpha value is -3.44. The molecular weight excluding hydrogens is 542 g/mol. The number of hydrogen-bond donors (Lipinski definition) is 1. The highest BCUT2D eigenvalue weighted by atomic mass is 16.5. The fourth-order valence-electron chi connectivity index (χ4n) is 6.68. The number of aryl methyl sites for hydroxylation is 1. The highest BCUT2D eigenvalue weighted by molar-refractivity contribution is 5.85. The molecule has 0 spiro atoms. The van der Waals surface area contributed by atoms with Gasteiger partial charge < -0.3 is 34.2 Å². The van der Waals surface area contributed by atoms with Crippen molar-refractivity contribution in [2.24, 2.45) is 5.92 Å². The summed E-state index contributed by atoms with van der Waals surface area (Å²) in [6.07, 6.45) is 7.42. The number of ether oxygens (including phenoxy) is 1. The zero-order valence-corrected chi connectivity index (χ0v) is 25.9. The number of imidazole rings is 1. The van der Waals surface area contributed by atoms with E-state index < -0.39 is 0 Å². The number of carbonyl (C=O) groups excluding carboxylic acids is 1. The fraction of sp³-hybridized carbons (Fsp3) is 0.625. The molecule has 6 rings (SSSR count). The van der Waals surface area contributed by atoms with Crippen molar-refractivity contribution < 1.29 is 9.53 Å². The minimum Gasteiger partial charge on any atom is -0.497 e. The van der Waals surface area contributed by atoms with Crippen molar-refractivity contribution in [1.29, 1.82) is 0 Å². The third-order valence-electron chi connectivity index (χ3n) is 9.44. The molecular formula is C32H47N9O2. The Bertz CT molecular complexity index is 1340. The topological polar surface area (TPSA) is 94.9 Å². The molecule has 4 heterocycles. The van der Waals surface area contributed by atoms with Crippen molar-refractivity contribution in [3.05, 3.63) is 36.2 Å². The molecule has 2 aromatic heterocycles. The maximum atomic E-state index is 13.1. The number of hydrogen-bond acceptors (Lipinski definition) is 9. The first kappa shape index (κ1) is 29.6. The lowest BCUT2D eigenvalue weighted by Crippen LogP contribution is -2.50. The van der Waals surface area contributed by atoms with E-state index in [4.69, 9.17) is 19.7 Å². The molecule has 1 aliphatic carbocycles. The highest BCUT2D eigenvalue weighted by Crippen LogP contribution is 2.29. The van der Waals surface area contributed by atoms with Crippen molar-refractivity contribution in [3.8, 4) is 5.75 Å². The summed E-state index contributed by atoms with van der Waals surface area (Å²) in [6.45, 7) is 13.5. The molecule has 11 heteroatoms. The average Bonchev–Trinajstić information content (AvgIpc) is 3.75. The Morgan fingerprint density at radius 3 is 2.35 bits per heavy atom. The van der Waals surface area contributed by atoms with Crippen LogP contribution in [0.2, 0.25) is 0 Å². The van der Waals surface area contributed by atoms with E-state index in [9.17, 15) is 4.79 Å². The largest absolute Gasteiger partial charge is 0.497 e. The summed E-state index contributed by atoms with van der Waals surface area (Å²) in [7, 11) is 1.68. The van der Waals surface area contributed by atoms with Crippen LogP contribution in [0.15, 0.2) is 30.6 Å². The van der Waals surface area contributed by atoms with Crippen molar-refractivity contribution >= 4 is 28.8 Å². The molecule has 1 N–H and O–H groups in total. The Morgan fingerprint density at radius 2 is 1.65 bits per heavy atom. The van der Waals surface area contributed by atoms with Gasteiger partial charge in [-0.25, -0.2) is 4.98 Å². The van der Waals surface area contributed by atoms with E-state index in [1.807, 2.05) is 18.5 Å². The molecule has 2 saturated heterocycles. The third kappa shape index (κ3) is 7.04. The number of amides is 1. The predicted octanol–water partition coefficient (Wildman–Crippen LogP) is 3.31. The van der Waals surface area contributed by atoms with Gasteiger partial charge in [-0.15, -0.1) is 0 Å². The number of carbonyl (C=O) groups is 1. The van der Waals surface area contributed by atoms with E-state index in [0.717, 1.165) is 120 Å². The van der Waals surface area contributed by atoms with Crippen LogP contribution in [-0.2, 0) is 17.9 Å². The summed E-state index contributed by atoms with van der Waals surface area (Å²) in [5.74, 6) is 2.85. The van der Waals surface area contributed by atoms with Gasteiger partial charge in [0.05, 0.1) is 13.4 Å². The molecule has 0 bridgehead atoms. The molecule has 0 unspecified atom stereocenters. The summed E-state index contributed by atoms with van der Waals surface area (Å²) >= 11 is 0. The molecule has 43 heavy (non-hydrogen) atoms. The van der Waals surface area contributed by atoms with Crippen LogP contribution in [0, 0.1) is 5.92 Å². The van der Waals surface area contributed by atoms with Crippen molar-refractivity contribution in [1.82, 2.24) is 34.2 Å². The first-order valence-corrected chi connectivity index (χ1v) is 16.2. The summed E-state index contributed by atoms with van der Waals surface area (Å²) < 4.78 is 7.49. The summed E-state index contributed by atoms with van der Waals surface area (Å²) in [4.78, 5) is 37.3. The monoisotopic (exact) mass is 589 g/mol. The molecule has 1 amide bonds. The lowest BCUT2D eigenvalue weighted by molar-refractivity contribution is -0.135. The Morgan fingerprint density at radius 1 is 0.930 bits per heavy atom.